The van der Waals surface area contributed by atoms with E-state index in [1.807, 2.05) is 12.1 Å². The number of carbonyl (C=O) groups excluding carboxylic acids is 1. The maximum Gasteiger partial charge on any atom is 0.251 e. The minimum atomic E-state index is -0.424. The Morgan fingerprint density at radius 1 is 1.19 bits per heavy atom. The molecule has 134 valence electrons. The molecule has 2 aromatic carbocycles. The summed E-state index contributed by atoms with van der Waals surface area (Å²) in [6, 6.07) is 14.0. The van der Waals surface area contributed by atoms with Crippen molar-refractivity contribution >= 4 is 16.8 Å². The Kier molecular flexibility index (Phi) is 5.79. The Hall–Kier alpha value is -2.95. The van der Waals surface area contributed by atoms with E-state index in [1.165, 1.54) is 0 Å². The third-order valence-electron chi connectivity index (χ3n) is 4.10. The fourth-order valence-corrected chi connectivity index (χ4v) is 2.63. The van der Waals surface area contributed by atoms with Gasteiger partial charge in [0.1, 0.15) is 0 Å². The van der Waals surface area contributed by atoms with Crippen molar-refractivity contribution in [3.05, 3.63) is 71.7 Å². The van der Waals surface area contributed by atoms with Gasteiger partial charge in [-0.3, -0.25) is 9.78 Å². The summed E-state index contributed by atoms with van der Waals surface area (Å²) >= 11 is 0. The molecule has 0 atom stereocenters. The third-order valence-corrected chi connectivity index (χ3v) is 4.10. The molecule has 1 heterocycles. The van der Waals surface area contributed by atoms with Crippen molar-refractivity contribution in [1.82, 2.24) is 10.3 Å². The number of unbranched alkanes of at least 4 members (excludes halogenated alkanes) is 1. The van der Waals surface area contributed by atoms with Crippen molar-refractivity contribution in [2.75, 3.05) is 6.61 Å². The van der Waals surface area contributed by atoms with Gasteiger partial charge in [0.25, 0.3) is 5.91 Å². The van der Waals surface area contributed by atoms with E-state index < -0.39 is 5.82 Å². The molecule has 0 saturated heterocycles. The molecule has 0 aliphatic rings. The van der Waals surface area contributed by atoms with E-state index in [2.05, 4.69) is 17.2 Å². The zero-order valence-corrected chi connectivity index (χ0v) is 14.7. The Balaban J connectivity index is 1.67. The zero-order chi connectivity index (χ0) is 18.4. The van der Waals surface area contributed by atoms with Crippen LogP contribution in [-0.4, -0.2) is 17.5 Å². The van der Waals surface area contributed by atoms with E-state index >= 15 is 0 Å². The number of benzene rings is 2. The van der Waals surface area contributed by atoms with Crippen LogP contribution in [0.25, 0.3) is 10.9 Å². The number of hydrogen-bond acceptors (Lipinski definition) is 3. The zero-order valence-electron chi connectivity index (χ0n) is 14.7. The molecule has 3 aromatic rings. The summed E-state index contributed by atoms with van der Waals surface area (Å²) in [4.78, 5) is 16.6. The number of aromatic nitrogens is 1. The smallest absolute Gasteiger partial charge is 0.251 e. The first-order valence-electron chi connectivity index (χ1n) is 8.72. The summed E-state index contributed by atoms with van der Waals surface area (Å²) in [5.41, 5.74) is 1.74. The molecule has 0 unspecified atom stereocenters. The third kappa shape index (κ3) is 4.17. The van der Waals surface area contributed by atoms with Crippen molar-refractivity contribution in [3.63, 3.8) is 0 Å². The lowest BCUT2D eigenvalue weighted by Gasteiger charge is -2.11. The quantitative estimate of drug-likeness (QED) is 0.638. The molecule has 1 aromatic heterocycles. The fraction of sp³-hybridized carbons (Fsp3) is 0.238. The molecule has 0 radical (unpaired) electrons. The van der Waals surface area contributed by atoms with Crippen LogP contribution < -0.4 is 10.1 Å². The molecule has 3 rings (SSSR count). The molecule has 0 saturated carbocycles. The maximum atomic E-state index is 14.5. The van der Waals surface area contributed by atoms with Crippen LogP contribution in [0.15, 0.2) is 54.7 Å². The minimum absolute atomic E-state index is 0.0979. The SMILES string of the molecule is CCCCOc1cccc(CNC(=O)c2ccc3ncccc3c2)c1F. The number of fused-ring (bicyclic) bond motifs is 1. The lowest BCUT2D eigenvalue weighted by atomic mass is 10.1. The highest BCUT2D eigenvalue weighted by atomic mass is 19.1. The minimum Gasteiger partial charge on any atom is -0.491 e. The van der Waals surface area contributed by atoms with Gasteiger partial charge in [-0.1, -0.05) is 31.5 Å². The van der Waals surface area contributed by atoms with Gasteiger partial charge in [0.2, 0.25) is 0 Å². The average molecular weight is 352 g/mol. The van der Waals surface area contributed by atoms with Gasteiger partial charge in [-0.2, -0.15) is 0 Å². The topological polar surface area (TPSA) is 51.2 Å². The number of nitrogens with zero attached hydrogens (tertiary/aromatic N) is 1. The molecular formula is C21H21FN2O2. The molecule has 1 amide bonds. The number of pyridine rings is 1. The second-order valence-corrected chi connectivity index (χ2v) is 6.02. The van der Waals surface area contributed by atoms with Gasteiger partial charge in [-0.15, -0.1) is 0 Å². The first-order chi connectivity index (χ1) is 12.7. The predicted molar refractivity (Wildman–Crippen MR) is 99.7 cm³/mol. The van der Waals surface area contributed by atoms with E-state index in [1.54, 1.807) is 42.6 Å². The fourth-order valence-electron chi connectivity index (χ4n) is 2.63. The number of amides is 1. The summed E-state index contributed by atoms with van der Waals surface area (Å²) in [5.74, 6) is -0.457. The first kappa shape index (κ1) is 17.9. The molecule has 0 aliphatic carbocycles. The van der Waals surface area contributed by atoms with Crippen LogP contribution in [-0.2, 0) is 6.54 Å². The van der Waals surface area contributed by atoms with Crippen LogP contribution in [0.2, 0.25) is 0 Å². The molecular weight excluding hydrogens is 331 g/mol. The van der Waals surface area contributed by atoms with Crippen LogP contribution in [0.1, 0.15) is 35.7 Å². The monoisotopic (exact) mass is 352 g/mol. The standard InChI is InChI=1S/C21H21FN2O2/c1-2-3-12-26-19-8-4-6-17(20(19)22)14-24-21(25)16-9-10-18-15(13-16)7-5-11-23-18/h4-11,13H,2-3,12,14H2,1H3,(H,24,25). The summed E-state index contributed by atoms with van der Waals surface area (Å²) in [6.45, 7) is 2.63. The maximum absolute atomic E-state index is 14.5. The Morgan fingerprint density at radius 2 is 2.08 bits per heavy atom. The molecule has 0 bridgehead atoms. The number of rotatable bonds is 7. The number of halogens is 1. The van der Waals surface area contributed by atoms with Crippen LogP contribution in [0.5, 0.6) is 5.75 Å². The van der Waals surface area contributed by atoms with Crippen molar-refractivity contribution in [2.24, 2.45) is 0 Å². The highest BCUT2D eigenvalue weighted by molar-refractivity contribution is 5.97. The Bertz CT molecular complexity index is 911. The van der Waals surface area contributed by atoms with Gasteiger partial charge < -0.3 is 10.1 Å². The molecule has 0 fully saturated rings. The average Bonchev–Trinajstić information content (AvgIpc) is 2.68. The summed E-state index contributed by atoms with van der Waals surface area (Å²) in [5, 5.41) is 3.65. The number of hydrogen-bond donors (Lipinski definition) is 1. The van der Waals surface area contributed by atoms with Crippen LogP contribution in [0, 0.1) is 5.82 Å². The van der Waals surface area contributed by atoms with Gasteiger partial charge in [0.15, 0.2) is 11.6 Å². The lowest BCUT2D eigenvalue weighted by molar-refractivity contribution is 0.0950. The highest BCUT2D eigenvalue weighted by Gasteiger charge is 2.12. The highest BCUT2D eigenvalue weighted by Crippen LogP contribution is 2.21. The summed E-state index contributed by atoms with van der Waals surface area (Å²) in [7, 11) is 0. The van der Waals surface area contributed by atoms with Crippen molar-refractivity contribution in [1.29, 1.82) is 0 Å². The van der Waals surface area contributed by atoms with Gasteiger partial charge in [-0.25, -0.2) is 4.39 Å². The van der Waals surface area contributed by atoms with Gasteiger partial charge in [-0.05, 0) is 36.8 Å². The molecule has 4 nitrogen and oxygen atoms in total. The second-order valence-electron chi connectivity index (χ2n) is 6.02. The van der Waals surface area contributed by atoms with E-state index in [0.29, 0.717) is 17.7 Å². The van der Waals surface area contributed by atoms with Crippen LogP contribution >= 0.6 is 0 Å². The van der Waals surface area contributed by atoms with Gasteiger partial charge in [0.05, 0.1) is 12.1 Å². The molecule has 26 heavy (non-hydrogen) atoms. The Morgan fingerprint density at radius 3 is 2.92 bits per heavy atom. The largest absolute Gasteiger partial charge is 0.491 e. The molecule has 0 spiro atoms. The number of nitrogens with one attached hydrogen (secondary N) is 1. The van der Waals surface area contributed by atoms with Crippen LogP contribution in [0.4, 0.5) is 4.39 Å². The van der Waals surface area contributed by atoms with Crippen molar-refractivity contribution in [2.45, 2.75) is 26.3 Å². The summed E-state index contributed by atoms with van der Waals surface area (Å²) < 4.78 is 19.9. The molecule has 1 N–H and O–H groups in total. The van der Waals surface area contributed by atoms with E-state index in [4.69, 9.17) is 4.74 Å². The Labute approximate surface area is 152 Å². The van der Waals surface area contributed by atoms with E-state index in [0.717, 1.165) is 23.7 Å². The number of ether oxygens (including phenoxy) is 1. The first-order valence-corrected chi connectivity index (χ1v) is 8.72. The normalized spacial score (nSPS) is 10.7. The van der Waals surface area contributed by atoms with Crippen molar-refractivity contribution < 1.29 is 13.9 Å². The van der Waals surface area contributed by atoms with Gasteiger partial charge in [0, 0.05) is 29.3 Å². The second kappa shape index (κ2) is 8.43. The van der Waals surface area contributed by atoms with Gasteiger partial charge >= 0.3 is 0 Å². The number of carbonyl (C=O) groups is 1. The summed E-state index contributed by atoms with van der Waals surface area (Å²) in [6.07, 6.45) is 3.57. The lowest BCUT2D eigenvalue weighted by Crippen LogP contribution is -2.23. The van der Waals surface area contributed by atoms with Crippen molar-refractivity contribution in [3.8, 4) is 5.75 Å². The predicted octanol–water partition coefficient (Wildman–Crippen LogP) is 4.48. The van der Waals surface area contributed by atoms with Crippen LogP contribution in [0.3, 0.4) is 0 Å². The molecule has 0 aliphatic heterocycles. The van der Waals surface area contributed by atoms with E-state index in [-0.39, 0.29) is 18.2 Å². The van der Waals surface area contributed by atoms with E-state index in [9.17, 15) is 9.18 Å². The molecule has 5 heteroatoms.